The molecule has 0 bridgehead atoms. The van der Waals surface area contributed by atoms with Crippen molar-refractivity contribution in [3.8, 4) is 0 Å². The summed E-state index contributed by atoms with van der Waals surface area (Å²) in [5.74, 6) is -0.660. The zero-order valence-corrected chi connectivity index (χ0v) is 17.7. The van der Waals surface area contributed by atoms with E-state index in [1.54, 1.807) is 44.2 Å². The highest BCUT2D eigenvalue weighted by atomic mass is 32.2. The fraction of sp³-hybridized carbons (Fsp3) is 0.143. The Labute approximate surface area is 180 Å². The second-order valence-electron chi connectivity index (χ2n) is 6.88. The Kier molecular flexibility index (Phi) is 6.61. The van der Waals surface area contributed by atoms with Crippen LogP contribution < -0.4 is 15.4 Å². The van der Waals surface area contributed by atoms with Gasteiger partial charge in [-0.05, 0) is 54.6 Å². The van der Waals surface area contributed by atoms with Gasteiger partial charge in [0, 0.05) is 35.2 Å². The molecule has 0 atom stereocenters. The molecule has 10 heteroatoms. The normalized spacial score (nSPS) is 11.1. The average molecular weight is 439 g/mol. The van der Waals surface area contributed by atoms with Crippen molar-refractivity contribution in [2.45, 2.75) is 18.7 Å². The van der Waals surface area contributed by atoms with Gasteiger partial charge in [0.2, 0.25) is 11.9 Å². The van der Waals surface area contributed by atoms with E-state index in [-0.39, 0.29) is 28.6 Å². The van der Waals surface area contributed by atoms with Gasteiger partial charge in [-0.25, -0.2) is 23.1 Å². The van der Waals surface area contributed by atoms with Crippen molar-refractivity contribution >= 4 is 39.2 Å². The highest BCUT2D eigenvalue weighted by molar-refractivity contribution is 7.92. The van der Waals surface area contributed by atoms with Crippen molar-refractivity contribution in [3.05, 3.63) is 72.6 Å². The SMILES string of the molecule is CC(C)C(=O)Nc1ccc(C(=O)Nc2ccc(S(=O)(=O)Nc3ncccn3)cc2)cc1. The minimum Gasteiger partial charge on any atom is -0.326 e. The second kappa shape index (κ2) is 9.35. The maximum Gasteiger partial charge on any atom is 0.264 e. The number of amides is 2. The number of carbonyl (C=O) groups excluding carboxylic acids is 2. The number of carbonyl (C=O) groups is 2. The molecule has 2 amide bonds. The molecule has 1 heterocycles. The number of hydrogen-bond acceptors (Lipinski definition) is 6. The molecule has 3 rings (SSSR count). The van der Waals surface area contributed by atoms with E-state index >= 15 is 0 Å². The molecular weight excluding hydrogens is 418 g/mol. The third-order valence-electron chi connectivity index (χ3n) is 4.15. The van der Waals surface area contributed by atoms with Crippen molar-refractivity contribution in [1.29, 1.82) is 0 Å². The first-order chi connectivity index (χ1) is 14.7. The Morgan fingerprint density at radius 1 is 0.839 bits per heavy atom. The molecule has 1 aromatic heterocycles. The van der Waals surface area contributed by atoms with Gasteiger partial charge in [0.1, 0.15) is 0 Å². The quantitative estimate of drug-likeness (QED) is 0.518. The Morgan fingerprint density at radius 3 is 1.97 bits per heavy atom. The number of sulfonamides is 1. The fourth-order valence-corrected chi connectivity index (χ4v) is 3.40. The molecule has 0 aliphatic heterocycles. The molecule has 0 fully saturated rings. The van der Waals surface area contributed by atoms with E-state index in [2.05, 4.69) is 25.3 Å². The van der Waals surface area contributed by atoms with E-state index in [0.29, 0.717) is 16.9 Å². The minimum absolute atomic E-state index is 0.00296. The summed E-state index contributed by atoms with van der Waals surface area (Å²) in [6.07, 6.45) is 2.85. The molecule has 0 unspecified atom stereocenters. The lowest BCUT2D eigenvalue weighted by atomic mass is 10.1. The van der Waals surface area contributed by atoms with Crippen molar-refractivity contribution in [3.63, 3.8) is 0 Å². The minimum atomic E-state index is -3.85. The second-order valence-corrected chi connectivity index (χ2v) is 8.56. The number of aromatic nitrogens is 2. The number of rotatable bonds is 7. The highest BCUT2D eigenvalue weighted by Crippen LogP contribution is 2.18. The largest absolute Gasteiger partial charge is 0.326 e. The number of hydrogen-bond donors (Lipinski definition) is 3. The predicted octanol–water partition coefficient (Wildman–Crippen LogP) is 3.12. The lowest BCUT2D eigenvalue weighted by Gasteiger charge is -2.10. The van der Waals surface area contributed by atoms with E-state index in [0.717, 1.165) is 0 Å². The first kappa shape index (κ1) is 21.9. The Hall–Kier alpha value is -3.79. The van der Waals surface area contributed by atoms with Gasteiger partial charge < -0.3 is 10.6 Å². The van der Waals surface area contributed by atoms with Crippen molar-refractivity contribution in [1.82, 2.24) is 9.97 Å². The van der Waals surface area contributed by atoms with Gasteiger partial charge in [-0.2, -0.15) is 0 Å². The van der Waals surface area contributed by atoms with Crippen molar-refractivity contribution < 1.29 is 18.0 Å². The molecule has 0 spiro atoms. The summed E-state index contributed by atoms with van der Waals surface area (Å²) >= 11 is 0. The fourth-order valence-electron chi connectivity index (χ4n) is 2.44. The maximum atomic E-state index is 12.4. The standard InChI is InChI=1S/C21H21N5O4S/c1-14(2)19(27)24-16-6-4-15(5-7-16)20(28)25-17-8-10-18(11-9-17)31(29,30)26-21-22-12-3-13-23-21/h3-14H,1-2H3,(H,24,27)(H,25,28)(H,22,23,26). The summed E-state index contributed by atoms with van der Waals surface area (Å²) in [4.78, 5) is 31.8. The number of anilines is 3. The smallest absolute Gasteiger partial charge is 0.264 e. The van der Waals surface area contributed by atoms with Gasteiger partial charge in [0.25, 0.3) is 15.9 Å². The molecule has 31 heavy (non-hydrogen) atoms. The van der Waals surface area contributed by atoms with Crippen LogP contribution in [0.5, 0.6) is 0 Å². The molecule has 0 radical (unpaired) electrons. The Bertz CT molecular complexity index is 1160. The maximum absolute atomic E-state index is 12.4. The lowest BCUT2D eigenvalue weighted by molar-refractivity contribution is -0.118. The molecule has 0 aliphatic rings. The first-order valence-electron chi connectivity index (χ1n) is 9.37. The summed E-state index contributed by atoms with van der Waals surface area (Å²) in [6.45, 7) is 3.58. The molecule has 3 aromatic rings. The first-order valence-corrected chi connectivity index (χ1v) is 10.8. The number of benzene rings is 2. The molecule has 2 aromatic carbocycles. The van der Waals surface area contributed by atoms with Crippen LogP contribution in [-0.2, 0) is 14.8 Å². The average Bonchev–Trinajstić information content (AvgIpc) is 2.75. The van der Waals surface area contributed by atoms with Gasteiger partial charge in [-0.15, -0.1) is 0 Å². The van der Waals surface area contributed by atoms with Gasteiger partial charge in [-0.1, -0.05) is 13.8 Å². The van der Waals surface area contributed by atoms with Crippen LogP contribution >= 0.6 is 0 Å². The van der Waals surface area contributed by atoms with Crippen LogP contribution in [0.3, 0.4) is 0 Å². The van der Waals surface area contributed by atoms with Crippen LogP contribution in [0.1, 0.15) is 24.2 Å². The van der Waals surface area contributed by atoms with Crippen LogP contribution in [0.2, 0.25) is 0 Å². The summed E-state index contributed by atoms with van der Waals surface area (Å²) < 4.78 is 27.1. The summed E-state index contributed by atoms with van der Waals surface area (Å²) in [5.41, 5.74) is 1.42. The molecule has 0 saturated heterocycles. The molecule has 0 aliphatic carbocycles. The van der Waals surface area contributed by atoms with Crippen LogP contribution in [0.25, 0.3) is 0 Å². The lowest BCUT2D eigenvalue weighted by Crippen LogP contribution is -2.18. The van der Waals surface area contributed by atoms with Crippen molar-refractivity contribution in [2.75, 3.05) is 15.4 Å². The van der Waals surface area contributed by atoms with Crippen LogP contribution in [0.15, 0.2) is 71.9 Å². The van der Waals surface area contributed by atoms with E-state index in [1.807, 2.05) is 0 Å². The molecule has 3 N–H and O–H groups in total. The number of nitrogens with one attached hydrogen (secondary N) is 3. The summed E-state index contributed by atoms with van der Waals surface area (Å²) in [5, 5.41) is 5.45. The molecule has 9 nitrogen and oxygen atoms in total. The zero-order chi connectivity index (χ0) is 22.4. The van der Waals surface area contributed by atoms with Gasteiger partial charge in [0.05, 0.1) is 4.90 Å². The zero-order valence-electron chi connectivity index (χ0n) is 16.9. The van der Waals surface area contributed by atoms with Gasteiger partial charge in [0.15, 0.2) is 0 Å². The molecule has 160 valence electrons. The van der Waals surface area contributed by atoms with Crippen LogP contribution in [0.4, 0.5) is 17.3 Å². The number of nitrogens with zero attached hydrogens (tertiary/aromatic N) is 2. The van der Waals surface area contributed by atoms with E-state index < -0.39 is 10.0 Å². The van der Waals surface area contributed by atoms with Gasteiger partial charge >= 0.3 is 0 Å². The highest BCUT2D eigenvalue weighted by Gasteiger charge is 2.16. The summed E-state index contributed by atoms with van der Waals surface area (Å²) in [7, 11) is -3.85. The monoisotopic (exact) mass is 439 g/mol. The van der Waals surface area contributed by atoms with E-state index in [9.17, 15) is 18.0 Å². The molecular formula is C21H21N5O4S. The van der Waals surface area contributed by atoms with Gasteiger partial charge in [-0.3, -0.25) is 9.59 Å². The van der Waals surface area contributed by atoms with Crippen molar-refractivity contribution in [2.24, 2.45) is 5.92 Å². The third-order valence-corrected chi connectivity index (χ3v) is 5.50. The van der Waals surface area contributed by atoms with Crippen LogP contribution in [-0.4, -0.2) is 30.2 Å². The molecule has 0 saturated carbocycles. The predicted molar refractivity (Wildman–Crippen MR) is 117 cm³/mol. The summed E-state index contributed by atoms with van der Waals surface area (Å²) in [6, 6.07) is 13.7. The van der Waals surface area contributed by atoms with Crippen LogP contribution in [0, 0.1) is 5.92 Å². The topological polar surface area (TPSA) is 130 Å². The Morgan fingerprint density at radius 2 is 1.39 bits per heavy atom. The van der Waals surface area contributed by atoms with E-state index in [4.69, 9.17) is 0 Å². The third kappa shape index (κ3) is 5.86. The Balaban J connectivity index is 1.64. The van der Waals surface area contributed by atoms with E-state index in [1.165, 1.54) is 36.7 Å².